The minimum Gasteiger partial charge on any atom is -0.324 e. The Balaban J connectivity index is 2.93. The van der Waals surface area contributed by atoms with E-state index in [0.717, 1.165) is 16.7 Å². The summed E-state index contributed by atoms with van der Waals surface area (Å²) >= 11 is 0. The Bertz CT molecular complexity index is 344. The maximum absolute atomic E-state index is 13.0. The second kappa shape index (κ2) is 4.38. The first kappa shape index (κ1) is 10.9. The molecule has 0 aromatic heterocycles. The zero-order valence-electron chi connectivity index (χ0n) is 8.68. The molecule has 1 aromatic rings. The Labute approximate surface area is 84.4 Å². The van der Waals surface area contributed by atoms with Gasteiger partial charge in [0.15, 0.2) is 0 Å². The van der Waals surface area contributed by atoms with Crippen LogP contribution in [0.15, 0.2) is 30.4 Å². The quantitative estimate of drug-likeness (QED) is 0.733. The third kappa shape index (κ3) is 2.67. The number of nitrogens with two attached hydrogens (primary N) is 1. The average molecular weight is 193 g/mol. The molecule has 0 saturated carbocycles. The molecule has 0 heterocycles. The predicted octanol–water partition coefficient (Wildman–Crippen LogP) is 3.10. The number of hydrogen-bond acceptors (Lipinski definition) is 1. The van der Waals surface area contributed by atoms with Crippen LogP contribution in [0.1, 0.15) is 30.5 Å². The monoisotopic (exact) mass is 193 g/mol. The standard InChI is InChI=1S/C12H16FN/c1-8(2)6-12(14)11-7-10(13)5-4-9(11)3/h4-5,7,12H,1,6,14H2,2-3H3/t12-/m0/s1. The second-order valence-corrected chi connectivity index (χ2v) is 3.77. The van der Waals surface area contributed by atoms with Crippen LogP contribution < -0.4 is 5.73 Å². The molecule has 1 aromatic carbocycles. The zero-order valence-corrected chi connectivity index (χ0v) is 8.68. The molecule has 2 heteroatoms. The zero-order chi connectivity index (χ0) is 10.7. The van der Waals surface area contributed by atoms with Crippen molar-refractivity contribution in [1.29, 1.82) is 0 Å². The van der Waals surface area contributed by atoms with Crippen molar-refractivity contribution in [3.05, 3.63) is 47.3 Å². The minimum absolute atomic E-state index is 0.150. The topological polar surface area (TPSA) is 26.0 Å². The highest BCUT2D eigenvalue weighted by molar-refractivity contribution is 5.30. The molecule has 0 bridgehead atoms. The minimum atomic E-state index is -0.234. The molecule has 0 aliphatic carbocycles. The lowest BCUT2D eigenvalue weighted by molar-refractivity contribution is 0.617. The normalized spacial score (nSPS) is 12.6. The highest BCUT2D eigenvalue weighted by Crippen LogP contribution is 2.21. The lowest BCUT2D eigenvalue weighted by atomic mass is 9.97. The summed E-state index contributed by atoms with van der Waals surface area (Å²) in [5.74, 6) is -0.234. The Kier molecular flexibility index (Phi) is 3.42. The van der Waals surface area contributed by atoms with Crippen LogP contribution in [0.2, 0.25) is 0 Å². The summed E-state index contributed by atoms with van der Waals surface area (Å²) in [4.78, 5) is 0. The van der Waals surface area contributed by atoms with E-state index in [9.17, 15) is 4.39 Å². The van der Waals surface area contributed by atoms with E-state index in [4.69, 9.17) is 5.73 Å². The summed E-state index contributed by atoms with van der Waals surface area (Å²) < 4.78 is 13.0. The number of benzene rings is 1. The molecule has 2 N–H and O–H groups in total. The predicted molar refractivity (Wildman–Crippen MR) is 57.5 cm³/mol. The molecule has 0 aliphatic rings. The fourth-order valence-electron chi connectivity index (χ4n) is 1.50. The highest BCUT2D eigenvalue weighted by Gasteiger charge is 2.09. The van der Waals surface area contributed by atoms with Gasteiger partial charge in [0.25, 0.3) is 0 Å². The molecule has 0 spiro atoms. The first-order valence-corrected chi connectivity index (χ1v) is 4.66. The van der Waals surface area contributed by atoms with Crippen molar-refractivity contribution in [1.82, 2.24) is 0 Å². The van der Waals surface area contributed by atoms with Gasteiger partial charge in [-0.2, -0.15) is 0 Å². The van der Waals surface area contributed by atoms with E-state index in [2.05, 4.69) is 6.58 Å². The molecule has 0 radical (unpaired) electrons. The summed E-state index contributed by atoms with van der Waals surface area (Å²) in [5, 5.41) is 0. The number of aryl methyl sites for hydroxylation is 1. The molecule has 0 unspecified atom stereocenters. The van der Waals surface area contributed by atoms with Crippen molar-refractivity contribution < 1.29 is 4.39 Å². The summed E-state index contributed by atoms with van der Waals surface area (Å²) in [6, 6.07) is 4.56. The lowest BCUT2D eigenvalue weighted by Gasteiger charge is -2.14. The van der Waals surface area contributed by atoms with Gasteiger partial charge in [-0.25, -0.2) is 4.39 Å². The van der Waals surface area contributed by atoms with E-state index in [1.165, 1.54) is 12.1 Å². The van der Waals surface area contributed by atoms with Crippen LogP contribution >= 0.6 is 0 Å². The molecule has 0 fully saturated rings. The van der Waals surface area contributed by atoms with Gasteiger partial charge in [-0.1, -0.05) is 11.6 Å². The Hall–Kier alpha value is -1.15. The summed E-state index contributed by atoms with van der Waals surface area (Å²) in [7, 11) is 0. The van der Waals surface area contributed by atoms with Crippen LogP contribution in [0.4, 0.5) is 4.39 Å². The van der Waals surface area contributed by atoms with Crippen molar-refractivity contribution in [2.45, 2.75) is 26.3 Å². The SMILES string of the molecule is C=C(C)C[C@H](N)c1cc(F)ccc1C. The molecule has 14 heavy (non-hydrogen) atoms. The van der Waals surface area contributed by atoms with Gasteiger partial charge in [-0.15, -0.1) is 6.58 Å². The first-order chi connectivity index (χ1) is 6.50. The van der Waals surface area contributed by atoms with Crippen molar-refractivity contribution in [2.75, 3.05) is 0 Å². The van der Waals surface area contributed by atoms with Crippen LogP contribution in [0.3, 0.4) is 0 Å². The molecule has 76 valence electrons. The van der Waals surface area contributed by atoms with Crippen LogP contribution in [0, 0.1) is 12.7 Å². The van der Waals surface area contributed by atoms with Crippen LogP contribution in [0.5, 0.6) is 0 Å². The van der Waals surface area contributed by atoms with Gasteiger partial charge in [0.05, 0.1) is 0 Å². The fourth-order valence-corrected chi connectivity index (χ4v) is 1.50. The second-order valence-electron chi connectivity index (χ2n) is 3.77. The van der Waals surface area contributed by atoms with E-state index in [1.807, 2.05) is 13.8 Å². The Morgan fingerprint density at radius 1 is 1.57 bits per heavy atom. The van der Waals surface area contributed by atoms with Crippen molar-refractivity contribution >= 4 is 0 Å². The van der Waals surface area contributed by atoms with E-state index in [-0.39, 0.29) is 11.9 Å². The van der Waals surface area contributed by atoms with Crippen molar-refractivity contribution in [3.8, 4) is 0 Å². The first-order valence-electron chi connectivity index (χ1n) is 4.66. The molecule has 1 nitrogen and oxygen atoms in total. The van der Waals surface area contributed by atoms with E-state index >= 15 is 0 Å². The molecular weight excluding hydrogens is 177 g/mol. The maximum Gasteiger partial charge on any atom is 0.123 e. The van der Waals surface area contributed by atoms with Gasteiger partial charge < -0.3 is 5.73 Å². The number of halogens is 1. The largest absolute Gasteiger partial charge is 0.324 e. The molecular formula is C12H16FN. The maximum atomic E-state index is 13.0. The smallest absolute Gasteiger partial charge is 0.123 e. The average Bonchev–Trinajstić information content (AvgIpc) is 2.08. The van der Waals surface area contributed by atoms with E-state index in [0.29, 0.717) is 6.42 Å². The van der Waals surface area contributed by atoms with Gasteiger partial charge in [0.2, 0.25) is 0 Å². The molecule has 0 amide bonds. The van der Waals surface area contributed by atoms with Crippen LogP contribution in [-0.2, 0) is 0 Å². The van der Waals surface area contributed by atoms with Gasteiger partial charge in [0.1, 0.15) is 5.82 Å². The number of rotatable bonds is 3. The molecule has 1 atom stereocenters. The van der Waals surface area contributed by atoms with Gasteiger partial charge >= 0.3 is 0 Å². The van der Waals surface area contributed by atoms with Gasteiger partial charge in [-0.3, -0.25) is 0 Å². The van der Waals surface area contributed by atoms with Crippen molar-refractivity contribution in [2.24, 2.45) is 5.73 Å². The Morgan fingerprint density at radius 3 is 2.79 bits per heavy atom. The highest BCUT2D eigenvalue weighted by atomic mass is 19.1. The summed E-state index contributed by atoms with van der Waals surface area (Å²) in [6.07, 6.45) is 0.699. The molecule has 0 saturated heterocycles. The van der Waals surface area contributed by atoms with E-state index in [1.54, 1.807) is 6.07 Å². The molecule has 0 aliphatic heterocycles. The van der Waals surface area contributed by atoms with Gasteiger partial charge in [0, 0.05) is 6.04 Å². The van der Waals surface area contributed by atoms with Crippen LogP contribution in [-0.4, -0.2) is 0 Å². The summed E-state index contributed by atoms with van der Waals surface area (Å²) in [6.45, 7) is 7.66. The Morgan fingerprint density at radius 2 is 2.21 bits per heavy atom. The van der Waals surface area contributed by atoms with E-state index < -0.39 is 0 Å². The summed E-state index contributed by atoms with van der Waals surface area (Å²) in [5.41, 5.74) is 8.85. The third-order valence-electron chi connectivity index (χ3n) is 2.21. The van der Waals surface area contributed by atoms with Crippen molar-refractivity contribution in [3.63, 3.8) is 0 Å². The third-order valence-corrected chi connectivity index (χ3v) is 2.21. The molecule has 1 rings (SSSR count). The lowest BCUT2D eigenvalue weighted by Crippen LogP contribution is -2.12. The number of hydrogen-bond donors (Lipinski definition) is 1. The van der Waals surface area contributed by atoms with Crippen LogP contribution in [0.25, 0.3) is 0 Å². The fraction of sp³-hybridized carbons (Fsp3) is 0.333. The van der Waals surface area contributed by atoms with Gasteiger partial charge in [-0.05, 0) is 43.5 Å².